The summed E-state index contributed by atoms with van der Waals surface area (Å²) in [5, 5.41) is 3.24. The number of nitrogens with one attached hydrogen (secondary N) is 1. The van der Waals surface area contributed by atoms with Gasteiger partial charge in [-0.15, -0.1) is 0 Å². The van der Waals surface area contributed by atoms with Gasteiger partial charge in [0.15, 0.2) is 5.65 Å². The lowest BCUT2D eigenvalue weighted by atomic mass is 10.1. The van der Waals surface area contributed by atoms with Crippen molar-refractivity contribution in [2.45, 2.75) is 25.8 Å². The zero-order valence-corrected chi connectivity index (χ0v) is 16.6. The van der Waals surface area contributed by atoms with Crippen molar-refractivity contribution >= 4 is 34.6 Å². The molecule has 4 rings (SSSR count). The Hall–Kier alpha value is -3.33. The van der Waals surface area contributed by atoms with Crippen LogP contribution in [-0.4, -0.2) is 32.3 Å². The Kier molecular flexibility index (Phi) is 4.98. The standard InChI is InChI=1S/C20H25N7O2/c1-12-8-15(22)13(5-6-21)9-16(12)24-19-23-10-17-18(25-19)27(20(28)26(17)2)14-4-3-7-29-11-14/h5-6,8-10,14H,3-4,7,11,21-22H2,1-2H3,(H,23,24,25)/b6-5-. The van der Waals surface area contributed by atoms with Crippen LogP contribution in [0.15, 0.2) is 29.3 Å². The summed E-state index contributed by atoms with van der Waals surface area (Å²) in [5.74, 6) is 0.407. The summed E-state index contributed by atoms with van der Waals surface area (Å²) in [7, 11) is 1.73. The summed E-state index contributed by atoms with van der Waals surface area (Å²) in [5.41, 5.74) is 15.9. The summed E-state index contributed by atoms with van der Waals surface area (Å²) >= 11 is 0. The molecule has 1 aliphatic rings. The third-order valence-electron chi connectivity index (χ3n) is 5.29. The number of imidazole rings is 1. The number of nitrogens with two attached hydrogens (primary N) is 2. The molecule has 152 valence electrons. The number of nitrogen functional groups attached to an aromatic ring is 1. The molecule has 0 spiro atoms. The quantitative estimate of drug-likeness (QED) is 0.577. The van der Waals surface area contributed by atoms with Crippen LogP contribution in [0.5, 0.6) is 0 Å². The van der Waals surface area contributed by atoms with Gasteiger partial charge in [0.1, 0.15) is 5.52 Å². The van der Waals surface area contributed by atoms with Gasteiger partial charge in [-0.3, -0.25) is 9.13 Å². The van der Waals surface area contributed by atoms with Crippen LogP contribution in [0.3, 0.4) is 0 Å². The van der Waals surface area contributed by atoms with Crippen LogP contribution in [0, 0.1) is 6.92 Å². The van der Waals surface area contributed by atoms with Crippen molar-refractivity contribution in [3.8, 4) is 0 Å². The van der Waals surface area contributed by atoms with E-state index in [1.54, 1.807) is 28.5 Å². The first kappa shape index (κ1) is 19.0. The first-order valence-corrected chi connectivity index (χ1v) is 9.56. The van der Waals surface area contributed by atoms with Gasteiger partial charge >= 0.3 is 5.69 Å². The molecule has 29 heavy (non-hydrogen) atoms. The van der Waals surface area contributed by atoms with E-state index in [9.17, 15) is 4.79 Å². The van der Waals surface area contributed by atoms with Crippen LogP contribution in [0.4, 0.5) is 17.3 Å². The zero-order valence-electron chi connectivity index (χ0n) is 16.6. The van der Waals surface area contributed by atoms with Gasteiger partial charge in [-0.1, -0.05) is 0 Å². The predicted molar refractivity (Wildman–Crippen MR) is 114 cm³/mol. The van der Waals surface area contributed by atoms with E-state index >= 15 is 0 Å². The third-order valence-corrected chi connectivity index (χ3v) is 5.29. The lowest BCUT2D eigenvalue weighted by Gasteiger charge is -2.22. The molecule has 5 N–H and O–H groups in total. The molecule has 0 radical (unpaired) electrons. The average molecular weight is 395 g/mol. The van der Waals surface area contributed by atoms with Crippen molar-refractivity contribution in [1.82, 2.24) is 19.1 Å². The second-order valence-electron chi connectivity index (χ2n) is 7.27. The Morgan fingerprint density at radius 1 is 1.38 bits per heavy atom. The molecule has 1 aliphatic heterocycles. The van der Waals surface area contributed by atoms with E-state index in [0.29, 0.717) is 29.4 Å². The van der Waals surface area contributed by atoms with E-state index < -0.39 is 0 Å². The second kappa shape index (κ2) is 7.59. The van der Waals surface area contributed by atoms with Gasteiger partial charge in [0.05, 0.1) is 18.8 Å². The van der Waals surface area contributed by atoms with E-state index in [4.69, 9.17) is 16.2 Å². The van der Waals surface area contributed by atoms with Crippen molar-refractivity contribution in [3.63, 3.8) is 0 Å². The molecule has 1 unspecified atom stereocenters. The minimum atomic E-state index is -0.110. The van der Waals surface area contributed by atoms with E-state index in [1.165, 1.54) is 6.20 Å². The number of nitrogens with zero attached hydrogens (tertiary/aromatic N) is 4. The minimum absolute atomic E-state index is 0.0257. The number of aryl methyl sites for hydroxylation is 2. The molecule has 0 aliphatic carbocycles. The monoisotopic (exact) mass is 395 g/mol. The first-order chi connectivity index (χ1) is 14.0. The van der Waals surface area contributed by atoms with Crippen LogP contribution in [0.25, 0.3) is 17.2 Å². The Bertz CT molecular complexity index is 1140. The van der Waals surface area contributed by atoms with E-state index in [1.807, 2.05) is 19.1 Å². The molecular weight excluding hydrogens is 370 g/mol. The molecule has 9 nitrogen and oxygen atoms in total. The molecule has 0 bridgehead atoms. The normalized spacial score (nSPS) is 17.2. The molecule has 3 heterocycles. The van der Waals surface area contributed by atoms with Crippen molar-refractivity contribution in [3.05, 3.63) is 46.1 Å². The second-order valence-corrected chi connectivity index (χ2v) is 7.27. The maximum Gasteiger partial charge on any atom is 0.330 e. The summed E-state index contributed by atoms with van der Waals surface area (Å²) in [6.07, 6.45) is 6.66. The van der Waals surface area contributed by atoms with Crippen LogP contribution < -0.4 is 22.5 Å². The van der Waals surface area contributed by atoms with Gasteiger partial charge in [-0.05, 0) is 49.7 Å². The molecule has 1 saturated heterocycles. The number of rotatable bonds is 4. The molecular formula is C20H25N7O2. The van der Waals surface area contributed by atoms with Gasteiger partial charge in [0, 0.05) is 30.6 Å². The zero-order chi connectivity index (χ0) is 20.5. The first-order valence-electron chi connectivity index (χ1n) is 9.56. The maximum absolute atomic E-state index is 12.8. The van der Waals surface area contributed by atoms with Crippen LogP contribution in [-0.2, 0) is 11.8 Å². The van der Waals surface area contributed by atoms with E-state index in [-0.39, 0.29) is 11.7 Å². The number of benzene rings is 1. The van der Waals surface area contributed by atoms with Crippen LogP contribution in [0.1, 0.15) is 30.0 Å². The fraction of sp³-hybridized carbons (Fsp3) is 0.350. The number of hydrogen-bond acceptors (Lipinski definition) is 7. The average Bonchev–Trinajstić information content (AvgIpc) is 2.96. The maximum atomic E-state index is 12.8. The predicted octanol–water partition coefficient (Wildman–Crippen LogP) is 2.05. The number of anilines is 3. The highest BCUT2D eigenvalue weighted by atomic mass is 16.5. The number of ether oxygens (including phenoxy) is 1. The fourth-order valence-corrected chi connectivity index (χ4v) is 3.70. The lowest BCUT2D eigenvalue weighted by molar-refractivity contribution is 0.0591. The molecule has 1 aromatic carbocycles. The van der Waals surface area contributed by atoms with Gasteiger partial charge in [0.25, 0.3) is 0 Å². The van der Waals surface area contributed by atoms with Crippen LogP contribution >= 0.6 is 0 Å². The van der Waals surface area contributed by atoms with Gasteiger partial charge in [0.2, 0.25) is 5.95 Å². The highest BCUT2D eigenvalue weighted by Crippen LogP contribution is 2.27. The topological polar surface area (TPSA) is 126 Å². The number of hydrogen-bond donors (Lipinski definition) is 3. The summed E-state index contributed by atoms with van der Waals surface area (Å²) in [4.78, 5) is 21.9. The lowest BCUT2D eigenvalue weighted by Crippen LogP contribution is -2.31. The summed E-state index contributed by atoms with van der Waals surface area (Å²) in [6.45, 7) is 3.19. The summed E-state index contributed by atoms with van der Waals surface area (Å²) < 4.78 is 8.88. The highest BCUT2D eigenvalue weighted by Gasteiger charge is 2.23. The van der Waals surface area contributed by atoms with Gasteiger partial charge in [-0.25, -0.2) is 9.78 Å². The largest absolute Gasteiger partial charge is 0.405 e. The van der Waals surface area contributed by atoms with Crippen molar-refractivity contribution in [2.75, 3.05) is 24.3 Å². The molecule has 2 aromatic heterocycles. The van der Waals surface area contributed by atoms with Gasteiger partial charge < -0.3 is 21.5 Å². The van der Waals surface area contributed by atoms with Crippen LogP contribution in [0.2, 0.25) is 0 Å². The van der Waals surface area contributed by atoms with E-state index in [2.05, 4.69) is 15.3 Å². The Labute approximate surface area is 168 Å². The minimum Gasteiger partial charge on any atom is -0.405 e. The molecule has 0 saturated carbocycles. The SMILES string of the molecule is Cc1cc(N)c(/C=C\N)cc1Nc1ncc2c(n1)n(C1CCCOC1)c(=O)n2C. The number of fused-ring (bicyclic) bond motifs is 1. The van der Waals surface area contributed by atoms with Crippen molar-refractivity contribution in [2.24, 2.45) is 12.8 Å². The third kappa shape index (κ3) is 3.44. The Morgan fingerprint density at radius 3 is 2.93 bits per heavy atom. The molecule has 1 atom stereocenters. The summed E-state index contributed by atoms with van der Waals surface area (Å²) in [6, 6.07) is 3.74. The molecule has 3 aromatic rings. The van der Waals surface area contributed by atoms with Gasteiger partial charge in [-0.2, -0.15) is 4.98 Å². The molecule has 0 amide bonds. The van der Waals surface area contributed by atoms with Crippen molar-refractivity contribution < 1.29 is 4.74 Å². The van der Waals surface area contributed by atoms with Crippen molar-refractivity contribution in [1.29, 1.82) is 0 Å². The number of aromatic nitrogens is 4. The Morgan fingerprint density at radius 2 is 2.21 bits per heavy atom. The Balaban J connectivity index is 1.76. The smallest absolute Gasteiger partial charge is 0.330 e. The molecule has 9 heteroatoms. The fourth-order valence-electron chi connectivity index (χ4n) is 3.70. The van der Waals surface area contributed by atoms with E-state index in [0.717, 1.165) is 36.3 Å². The molecule has 1 fully saturated rings. The highest BCUT2D eigenvalue weighted by molar-refractivity contribution is 5.76.